The van der Waals surface area contributed by atoms with E-state index in [0.29, 0.717) is 0 Å². The highest BCUT2D eigenvalue weighted by Crippen LogP contribution is 2.03. The summed E-state index contributed by atoms with van der Waals surface area (Å²) in [5.41, 5.74) is 5.57. The van der Waals surface area contributed by atoms with Crippen molar-refractivity contribution >= 4 is 0 Å². The predicted octanol–water partition coefficient (Wildman–Crippen LogP) is 2.60. The molecule has 0 aliphatic heterocycles. The molecule has 1 aliphatic carbocycles. The smallest absolute Gasteiger partial charge is 0.0170 e. The Kier molecular flexibility index (Phi) is 1.72. The van der Waals surface area contributed by atoms with E-state index < -0.39 is 0 Å². The van der Waals surface area contributed by atoms with Gasteiger partial charge in [0.25, 0.3) is 0 Å². The van der Waals surface area contributed by atoms with E-state index in [4.69, 9.17) is 0 Å². The van der Waals surface area contributed by atoms with Crippen LogP contribution < -0.4 is 0 Å². The molecule has 0 heterocycles. The summed E-state index contributed by atoms with van der Waals surface area (Å²) < 4.78 is 0. The molecule has 1 aliphatic rings. The molecule has 0 fully saturated rings. The van der Waals surface area contributed by atoms with Crippen LogP contribution in [0.2, 0.25) is 0 Å². The summed E-state index contributed by atoms with van der Waals surface area (Å²) in [6, 6.07) is 0. The number of hydrogen-bond acceptors (Lipinski definition) is 0. The Bertz CT molecular complexity index is 198. The van der Waals surface area contributed by atoms with Gasteiger partial charge in [-0.2, -0.15) is 0 Å². The molecule has 0 aromatic heterocycles. The van der Waals surface area contributed by atoms with Gasteiger partial charge in [0.2, 0.25) is 0 Å². The lowest BCUT2D eigenvalue weighted by Gasteiger charge is -1.82. The van der Waals surface area contributed by atoms with Crippen molar-refractivity contribution in [1.82, 2.24) is 0 Å². The Morgan fingerprint density at radius 3 is 1.89 bits per heavy atom. The predicted molar refractivity (Wildman–Crippen MR) is 40.2 cm³/mol. The molecular weight excluding hydrogens is 108 g/mol. The van der Waals surface area contributed by atoms with Gasteiger partial charge in [0.15, 0.2) is 0 Å². The van der Waals surface area contributed by atoms with Gasteiger partial charge in [0.1, 0.15) is 0 Å². The van der Waals surface area contributed by atoms with Gasteiger partial charge in [0, 0.05) is 0 Å². The lowest BCUT2D eigenvalue weighted by atomic mass is 10.2. The van der Waals surface area contributed by atoms with Crippen LogP contribution in [0.3, 0.4) is 0 Å². The lowest BCUT2D eigenvalue weighted by Crippen LogP contribution is -1.62. The van der Waals surface area contributed by atoms with Gasteiger partial charge in [-0.05, 0) is 37.1 Å². The molecular formula is C9H10. The Balaban J connectivity index is 3.00. The van der Waals surface area contributed by atoms with Gasteiger partial charge >= 0.3 is 0 Å². The maximum absolute atomic E-state index is 3.06. The van der Waals surface area contributed by atoms with Crippen LogP contribution >= 0.6 is 0 Å². The van der Waals surface area contributed by atoms with Crippen LogP contribution in [0.1, 0.15) is 13.8 Å². The van der Waals surface area contributed by atoms with Crippen molar-refractivity contribution in [3.8, 4) is 0 Å². The summed E-state index contributed by atoms with van der Waals surface area (Å²) in [5.74, 6) is 0. The van der Waals surface area contributed by atoms with Crippen LogP contribution in [0.4, 0.5) is 0 Å². The molecule has 1 rings (SSSR count). The largest absolute Gasteiger partial charge is 0.120 e. The Morgan fingerprint density at radius 2 is 1.44 bits per heavy atom. The van der Waals surface area contributed by atoms with Crippen LogP contribution in [0.25, 0.3) is 0 Å². The van der Waals surface area contributed by atoms with Crippen molar-refractivity contribution in [2.45, 2.75) is 13.8 Å². The van der Waals surface area contributed by atoms with E-state index in [1.807, 2.05) is 12.2 Å². The molecule has 0 aromatic rings. The average molecular weight is 118 g/mol. The quantitative estimate of drug-likeness (QED) is 0.429. The van der Waals surface area contributed by atoms with Gasteiger partial charge in [-0.1, -0.05) is 12.2 Å². The number of allylic oxidation sites excluding steroid dienone is 5. The van der Waals surface area contributed by atoms with Crippen molar-refractivity contribution in [2.75, 3.05) is 0 Å². The molecule has 0 atom stereocenters. The first-order valence-electron chi connectivity index (χ1n) is 3.07. The van der Waals surface area contributed by atoms with Crippen LogP contribution in [0.5, 0.6) is 0 Å². The zero-order chi connectivity index (χ0) is 6.69. The molecule has 0 spiro atoms. The second kappa shape index (κ2) is 2.52. The molecule has 0 amide bonds. The van der Waals surface area contributed by atoms with Gasteiger partial charge < -0.3 is 0 Å². The molecule has 0 unspecified atom stereocenters. The van der Waals surface area contributed by atoms with Crippen LogP contribution in [0, 0.1) is 0 Å². The second-order valence-corrected chi connectivity index (χ2v) is 2.28. The summed E-state index contributed by atoms with van der Waals surface area (Å²) >= 11 is 0. The first-order valence-corrected chi connectivity index (χ1v) is 3.07. The molecule has 0 heteroatoms. The van der Waals surface area contributed by atoms with Crippen LogP contribution in [-0.4, -0.2) is 0 Å². The fourth-order valence-electron chi connectivity index (χ4n) is 0.664. The molecule has 0 saturated carbocycles. The fourth-order valence-corrected chi connectivity index (χ4v) is 0.664. The topological polar surface area (TPSA) is 0 Å². The third-order valence-corrected chi connectivity index (χ3v) is 1.23. The zero-order valence-electron chi connectivity index (χ0n) is 5.81. The van der Waals surface area contributed by atoms with E-state index in [1.165, 1.54) is 11.1 Å². The van der Waals surface area contributed by atoms with Gasteiger partial charge in [0.05, 0.1) is 0 Å². The van der Waals surface area contributed by atoms with Crippen molar-refractivity contribution < 1.29 is 0 Å². The van der Waals surface area contributed by atoms with Crippen LogP contribution in [-0.2, 0) is 0 Å². The highest BCUT2D eigenvalue weighted by Gasteiger charge is 1.83. The molecule has 0 aromatic carbocycles. The van der Waals surface area contributed by atoms with Crippen molar-refractivity contribution in [2.24, 2.45) is 0 Å². The highest BCUT2D eigenvalue weighted by atomic mass is 13.9. The molecule has 0 N–H and O–H groups in total. The number of rotatable bonds is 0. The molecule has 0 bridgehead atoms. The normalized spacial score (nSPS) is 16.7. The molecule has 0 nitrogen and oxygen atoms in total. The summed E-state index contributed by atoms with van der Waals surface area (Å²) in [7, 11) is 0. The standard InChI is InChI=1S/C9H10/c1-8-4-3-5-9(2)7-6-8/h4-7H,1-2H3. The van der Waals surface area contributed by atoms with E-state index >= 15 is 0 Å². The van der Waals surface area contributed by atoms with Crippen LogP contribution in [0.15, 0.2) is 41.2 Å². The first-order chi connectivity index (χ1) is 4.29. The SMILES string of the molecule is CC1=CC=C(C)C=C=C1. The molecule has 46 valence electrons. The third-order valence-electron chi connectivity index (χ3n) is 1.23. The van der Waals surface area contributed by atoms with Crippen molar-refractivity contribution in [1.29, 1.82) is 0 Å². The van der Waals surface area contributed by atoms with E-state index in [2.05, 4.69) is 31.7 Å². The fraction of sp³-hybridized carbons (Fsp3) is 0.222. The highest BCUT2D eigenvalue weighted by molar-refractivity contribution is 5.31. The lowest BCUT2D eigenvalue weighted by molar-refractivity contribution is 1.51. The Labute approximate surface area is 55.9 Å². The molecule has 0 saturated heterocycles. The van der Waals surface area contributed by atoms with Gasteiger partial charge in [-0.25, -0.2) is 0 Å². The van der Waals surface area contributed by atoms with E-state index in [9.17, 15) is 0 Å². The van der Waals surface area contributed by atoms with E-state index in [0.717, 1.165) is 0 Å². The van der Waals surface area contributed by atoms with Gasteiger partial charge in [-0.15, -0.1) is 5.73 Å². The van der Waals surface area contributed by atoms with Crippen molar-refractivity contribution in [3.05, 3.63) is 41.2 Å². The summed E-state index contributed by atoms with van der Waals surface area (Å²) in [5, 5.41) is 0. The Morgan fingerprint density at radius 1 is 1.00 bits per heavy atom. The van der Waals surface area contributed by atoms with Crippen molar-refractivity contribution in [3.63, 3.8) is 0 Å². The molecule has 9 heavy (non-hydrogen) atoms. The minimum Gasteiger partial charge on any atom is -0.120 e. The zero-order valence-corrected chi connectivity index (χ0v) is 5.81. The maximum atomic E-state index is 3.06. The third kappa shape index (κ3) is 1.75. The van der Waals surface area contributed by atoms with E-state index in [-0.39, 0.29) is 0 Å². The summed E-state index contributed by atoms with van der Waals surface area (Å²) in [4.78, 5) is 0. The Hall–Kier alpha value is -1.00. The maximum Gasteiger partial charge on any atom is -0.0170 e. The molecule has 0 radical (unpaired) electrons. The minimum atomic E-state index is 1.25. The summed E-state index contributed by atoms with van der Waals surface area (Å²) in [6.45, 7) is 4.13. The minimum absolute atomic E-state index is 1.25. The average Bonchev–Trinajstić information content (AvgIpc) is 1.97. The summed E-state index contributed by atoms with van der Waals surface area (Å²) in [6.07, 6.45) is 8.14. The first kappa shape index (κ1) is 6.12. The number of hydrogen-bond donors (Lipinski definition) is 0. The van der Waals surface area contributed by atoms with Gasteiger partial charge in [-0.3, -0.25) is 0 Å². The monoisotopic (exact) mass is 118 g/mol. The second-order valence-electron chi connectivity index (χ2n) is 2.28. The van der Waals surface area contributed by atoms with E-state index in [1.54, 1.807) is 0 Å².